The van der Waals surface area contributed by atoms with Gasteiger partial charge in [0.15, 0.2) is 6.10 Å². The molecule has 11 nitrogen and oxygen atoms in total. The SMILES string of the molecule is C=CCC1OC(=O)[C@@H]2CCCN2C(=O)[C@H](C(C)COC)NC(=O)[C@H](C)N(C)C(=O)[C@H](C)N(C)C1=O. The molecule has 0 radical (unpaired) electrons. The third kappa shape index (κ3) is 6.19. The first-order valence-electron chi connectivity index (χ1n) is 11.9. The highest BCUT2D eigenvalue weighted by atomic mass is 16.6. The van der Waals surface area contributed by atoms with Crippen LogP contribution in [-0.4, -0.2) is 109 Å². The Balaban J connectivity index is 2.53. The number of hydrogen-bond donors (Lipinski definition) is 1. The van der Waals surface area contributed by atoms with Gasteiger partial charge < -0.3 is 29.5 Å². The van der Waals surface area contributed by atoms with E-state index in [9.17, 15) is 24.0 Å². The number of amides is 4. The topological polar surface area (TPSA) is 126 Å². The van der Waals surface area contributed by atoms with E-state index in [0.717, 1.165) is 0 Å². The second kappa shape index (κ2) is 12.1. The van der Waals surface area contributed by atoms with E-state index in [4.69, 9.17) is 9.47 Å². The zero-order valence-electron chi connectivity index (χ0n) is 21.5. The molecule has 4 amide bonds. The molecule has 0 aromatic rings. The molecule has 2 rings (SSSR count). The molecule has 1 N–H and O–H groups in total. The summed E-state index contributed by atoms with van der Waals surface area (Å²) in [5, 5.41) is 2.76. The van der Waals surface area contributed by atoms with Gasteiger partial charge in [0.1, 0.15) is 24.2 Å². The molecule has 0 aromatic carbocycles. The van der Waals surface area contributed by atoms with Crippen molar-refractivity contribution in [2.75, 3.05) is 34.4 Å². The highest BCUT2D eigenvalue weighted by Crippen LogP contribution is 2.23. The Bertz CT molecular complexity index is 848. The van der Waals surface area contributed by atoms with E-state index < -0.39 is 65.8 Å². The molecule has 0 aromatic heterocycles. The summed E-state index contributed by atoms with van der Waals surface area (Å²) in [6.45, 7) is 9.00. The number of nitrogens with one attached hydrogen (secondary N) is 1. The fourth-order valence-corrected chi connectivity index (χ4v) is 4.35. The summed E-state index contributed by atoms with van der Waals surface area (Å²) in [4.78, 5) is 69.9. The minimum atomic E-state index is -1.19. The largest absolute Gasteiger partial charge is 0.450 e. The van der Waals surface area contributed by atoms with E-state index in [1.54, 1.807) is 13.8 Å². The number of ether oxygens (including phenoxy) is 2. The Labute approximate surface area is 206 Å². The zero-order valence-corrected chi connectivity index (χ0v) is 21.5. The first kappa shape index (κ1) is 28.3. The maximum absolute atomic E-state index is 13.6. The van der Waals surface area contributed by atoms with Gasteiger partial charge in [-0.2, -0.15) is 0 Å². The first-order valence-corrected chi connectivity index (χ1v) is 11.9. The number of cyclic esters (lactones) is 1. The van der Waals surface area contributed by atoms with E-state index in [-0.39, 0.29) is 13.0 Å². The lowest BCUT2D eigenvalue weighted by atomic mass is 10.00. The van der Waals surface area contributed by atoms with E-state index >= 15 is 0 Å². The molecule has 6 atom stereocenters. The molecule has 0 spiro atoms. The van der Waals surface area contributed by atoms with Crippen molar-refractivity contribution in [2.45, 2.75) is 70.3 Å². The number of esters is 1. The van der Waals surface area contributed by atoms with Crippen molar-refractivity contribution >= 4 is 29.6 Å². The molecule has 0 saturated carbocycles. The van der Waals surface area contributed by atoms with Gasteiger partial charge in [-0.05, 0) is 26.7 Å². The van der Waals surface area contributed by atoms with Crippen LogP contribution in [0, 0.1) is 5.92 Å². The number of fused-ring (bicyclic) bond motifs is 1. The number of carbonyl (C=O) groups is 5. The van der Waals surface area contributed by atoms with Crippen molar-refractivity contribution in [1.29, 1.82) is 0 Å². The average Bonchev–Trinajstić information content (AvgIpc) is 3.33. The van der Waals surface area contributed by atoms with Crippen molar-refractivity contribution in [3.63, 3.8) is 0 Å². The number of methoxy groups -OCH3 is 1. The molecule has 2 aliphatic heterocycles. The van der Waals surface area contributed by atoms with Gasteiger partial charge in [0.2, 0.25) is 17.7 Å². The Hall–Kier alpha value is -2.95. The van der Waals surface area contributed by atoms with Crippen molar-refractivity contribution < 1.29 is 33.4 Å². The molecule has 0 aliphatic carbocycles. The van der Waals surface area contributed by atoms with Gasteiger partial charge in [-0.25, -0.2) is 4.79 Å². The van der Waals surface area contributed by atoms with Crippen molar-refractivity contribution in [2.24, 2.45) is 5.92 Å². The van der Waals surface area contributed by atoms with E-state index in [0.29, 0.717) is 19.4 Å². The van der Waals surface area contributed by atoms with Crippen LogP contribution in [-0.2, 0) is 33.4 Å². The summed E-state index contributed by atoms with van der Waals surface area (Å²) < 4.78 is 10.8. The molecule has 2 fully saturated rings. The summed E-state index contributed by atoms with van der Waals surface area (Å²) in [7, 11) is 4.40. The predicted octanol–water partition coefficient (Wildman–Crippen LogP) is -0.0600. The first-order chi connectivity index (χ1) is 16.5. The third-order valence-electron chi connectivity index (χ3n) is 6.88. The lowest BCUT2D eigenvalue weighted by Gasteiger charge is -2.33. The van der Waals surface area contributed by atoms with E-state index in [1.165, 1.54) is 48.9 Å². The maximum atomic E-state index is 13.6. The van der Waals surface area contributed by atoms with Gasteiger partial charge in [-0.15, -0.1) is 6.58 Å². The van der Waals surface area contributed by atoms with Crippen LogP contribution in [0.1, 0.15) is 40.0 Å². The van der Waals surface area contributed by atoms with Gasteiger partial charge >= 0.3 is 5.97 Å². The number of rotatable bonds is 5. The van der Waals surface area contributed by atoms with Crippen LogP contribution >= 0.6 is 0 Å². The highest BCUT2D eigenvalue weighted by Gasteiger charge is 2.43. The van der Waals surface area contributed by atoms with Crippen LogP contribution in [0.15, 0.2) is 12.7 Å². The van der Waals surface area contributed by atoms with Crippen molar-refractivity contribution in [1.82, 2.24) is 20.0 Å². The summed E-state index contributed by atoms with van der Waals surface area (Å²) in [6.07, 6.45) is 1.28. The minimum Gasteiger partial charge on any atom is -0.450 e. The standard InChI is InChI=1S/C24H38N4O7/c1-8-10-18-22(31)27(6)16(4)21(30)26(5)15(3)20(29)25-19(14(2)13-34-7)23(32)28-12-9-11-17(28)24(33)35-18/h8,14-19H,1,9-13H2,2-7H3,(H,25,29)/t14?,15-,16-,17-,18?,19-/m0/s1. The molecule has 2 saturated heterocycles. The fraction of sp³-hybridized carbons (Fsp3) is 0.708. The van der Waals surface area contributed by atoms with Crippen LogP contribution < -0.4 is 5.32 Å². The lowest BCUT2D eigenvalue weighted by molar-refractivity contribution is -0.166. The van der Waals surface area contributed by atoms with Gasteiger partial charge in [0.05, 0.1) is 6.61 Å². The Morgan fingerprint density at radius 3 is 2.31 bits per heavy atom. The van der Waals surface area contributed by atoms with Gasteiger partial charge in [-0.1, -0.05) is 13.0 Å². The number of hydrogen-bond acceptors (Lipinski definition) is 7. The highest BCUT2D eigenvalue weighted by molar-refractivity contribution is 5.96. The van der Waals surface area contributed by atoms with Crippen molar-refractivity contribution in [3.05, 3.63) is 12.7 Å². The predicted molar refractivity (Wildman–Crippen MR) is 127 cm³/mol. The number of likely N-dealkylation sites (N-methyl/N-ethyl adjacent to an activating group) is 2. The molecule has 2 unspecified atom stereocenters. The Morgan fingerprint density at radius 1 is 1.09 bits per heavy atom. The summed E-state index contributed by atoms with van der Waals surface area (Å²) >= 11 is 0. The molecule has 11 heteroatoms. The normalized spacial score (nSPS) is 30.3. The molecule has 2 aliphatic rings. The maximum Gasteiger partial charge on any atom is 0.329 e. The Morgan fingerprint density at radius 2 is 1.71 bits per heavy atom. The number of carbonyl (C=O) groups excluding carboxylic acids is 5. The van der Waals surface area contributed by atoms with Crippen LogP contribution in [0.5, 0.6) is 0 Å². The molecular weight excluding hydrogens is 456 g/mol. The lowest BCUT2D eigenvalue weighted by Crippen LogP contribution is -2.58. The third-order valence-corrected chi connectivity index (χ3v) is 6.88. The molecule has 196 valence electrons. The van der Waals surface area contributed by atoms with Crippen molar-refractivity contribution in [3.8, 4) is 0 Å². The second-order valence-electron chi connectivity index (χ2n) is 9.31. The molecule has 2 heterocycles. The summed E-state index contributed by atoms with van der Waals surface area (Å²) in [5.41, 5.74) is 0. The summed E-state index contributed by atoms with van der Waals surface area (Å²) in [6, 6.07) is -3.70. The monoisotopic (exact) mass is 494 g/mol. The van der Waals surface area contributed by atoms with E-state index in [1.807, 2.05) is 0 Å². The molecule has 0 bridgehead atoms. The van der Waals surface area contributed by atoms with Gasteiger partial charge in [0, 0.05) is 40.1 Å². The van der Waals surface area contributed by atoms with Crippen LogP contribution in [0.4, 0.5) is 0 Å². The van der Waals surface area contributed by atoms with Crippen LogP contribution in [0.3, 0.4) is 0 Å². The smallest absolute Gasteiger partial charge is 0.329 e. The van der Waals surface area contributed by atoms with Crippen LogP contribution in [0.25, 0.3) is 0 Å². The quantitative estimate of drug-likeness (QED) is 0.419. The Kier molecular flexibility index (Phi) is 9.82. The van der Waals surface area contributed by atoms with Gasteiger partial charge in [0.25, 0.3) is 5.91 Å². The number of nitrogens with zero attached hydrogens (tertiary/aromatic N) is 3. The van der Waals surface area contributed by atoms with Crippen LogP contribution in [0.2, 0.25) is 0 Å². The fourth-order valence-electron chi connectivity index (χ4n) is 4.35. The second-order valence-corrected chi connectivity index (χ2v) is 9.31. The molecule has 35 heavy (non-hydrogen) atoms. The average molecular weight is 495 g/mol. The summed E-state index contributed by atoms with van der Waals surface area (Å²) in [5.74, 6) is -3.11. The minimum absolute atomic E-state index is 0.0519. The van der Waals surface area contributed by atoms with E-state index in [2.05, 4.69) is 11.9 Å². The zero-order chi connectivity index (χ0) is 26.4. The molecular formula is C24H38N4O7. The van der Waals surface area contributed by atoms with Gasteiger partial charge in [-0.3, -0.25) is 19.2 Å².